The number of carbonyl (C=O) groups is 3. The van der Waals surface area contributed by atoms with Gasteiger partial charge in [-0.2, -0.15) is 0 Å². The van der Waals surface area contributed by atoms with E-state index in [0.717, 1.165) is 109 Å². The van der Waals surface area contributed by atoms with Crippen LogP contribution in [0.1, 0.15) is 265 Å². The van der Waals surface area contributed by atoms with E-state index in [-0.39, 0.29) is 31.1 Å². The number of esters is 3. The van der Waals surface area contributed by atoms with Crippen LogP contribution < -0.4 is 0 Å². The van der Waals surface area contributed by atoms with Crippen LogP contribution in [0.25, 0.3) is 0 Å². The third-order valence-corrected chi connectivity index (χ3v) is 11.9. The summed E-state index contributed by atoms with van der Waals surface area (Å²) in [5, 5.41) is 0. The second-order valence-corrected chi connectivity index (χ2v) is 18.4. The number of carbonyl (C=O) groups excluding carboxylic acids is 3. The van der Waals surface area contributed by atoms with E-state index in [4.69, 9.17) is 14.2 Å². The lowest BCUT2D eigenvalue weighted by atomic mass is 10.1. The summed E-state index contributed by atoms with van der Waals surface area (Å²) in [6.45, 7) is 6.38. The van der Waals surface area contributed by atoms with Gasteiger partial charge in [0.05, 0.1) is 0 Å². The summed E-state index contributed by atoms with van der Waals surface area (Å²) in [5.41, 5.74) is 0. The van der Waals surface area contributed by atoms with Gasteiger partial charge in [0.1, 0.15) is 13.2 Å². The molecule has 0 aliphatic carbocycles. The van der Waals surface area contributed by atoms with E-state index in [1.54, 1.807) is 0 Å². The molecule has 0 spiro atoms. The fraction of sp³-hybridized carbons (Fsp3) is 0.721. The van der Waals surface area contributed by atoms with Crippen LogP contribution in [-0.4, -0.2) is 37.2 Å². The van der Waals surface area contributed by atoms with E-state index in [1.165, 1.54) is 116 Å². The Morgan fingerprint density at radius 2 is 0.582 bits per heavy atom. The Balaban J connectivity index is 4.40. The summed E-state index contributed by atoms with van der Waals surface area (Å²) in [7, 11) is 0. The molecule has 0 saturated heterocycles. The Bertz CT molecular complexity index is 1300. The average molecular weight is 933 g/mol. The lowest BCUT2D eigenvalue weighted by molar-refractivity contribution is -0.167. The van der Waals surface area contributed by atoms with E-state index < -0.39 is 6.10 Å². The van der Waals surface area contributed by atoms with Crippen LogP contribution in [0.2, 0.25) is 0 Å². The van der Waals surface area contributed by atoms with Crippen molar-refractivity contribution in [3.8, 4) is 0 Å². The first-order valence-corrected chi connectivity index (χ1v) is 28.1. The van der Waals surface area contributed by atoms with Crippen molar-refractivity contribution in [2.45, 2.75) is 271 Å². The highest BCUT2D eigenvalue weighted by Crippen LogP contribution is 2.15. The molecule has 6 heteroatoms. The third-order valence-electron chi connectivity index (χ3n) is 11.9. The molecule has 0 aromatic carbocycles. The fourth-order valence-electron chi connectivity index (χ4n) is 7.70. The van der Waals surface area contributed by atoms with Gasteiger partial charge in [-0.05, 0) is 109 Å². The smallest absolute Gasteiger partial charge is 0.306 e. The highest BCUT2D eigenvalue weighted by Gasteiger charge is 2.19. The second kappa shape index (κ2) is 55.2. The molecular weight excluding hydrogens is 829 g/mol. The molecule has 6 nitrogen and oxygen atoms in total. The van der Waals surface area contributed by atoms with Crippen molar-refractivity contribution in [3.63, 3.8) is 0 Å². The Labute approximate surface area is 414 Å². The summed E-state index contributed by atoms with van der Waals surface area (Å²) in [4.78, 5) is 38.1. The van der Waals surface area contributed by atoms with Gasteiger partial charge in [-0.25, -0.2) is 0 Å². The molecule has 0 aromatic rings. The Morgan fingerprint density at radius 1 is 0.313 bits per heavy atom. The zero-order valence-corrected chi connectivity index (χ0v) is 43.9. The van der Waals surface area contributed by atoms with Crippen molar-refractivity contribution in [2.75, 3.05) is 13.2 Å². The SMILES string of the molecule is CC/C=C\C/C=C\C/C=C\CCCCCCCCCCCC(=O)OCC(COC(=O)CCCC/C=C\C/C=C\C/C=C\CC)OC(=O)CCCCCCC/C=C\CCCCCCCCCCC. The summed E-state index contributed by atoms with van der Waals surface area (Å²) in [6, 6.07) is 0. The molecule has 1 atom stereocenters. The van der Waals surface area contributed by atoms with Crippen LogP contribution in [0.5, 0.6) is 0 Å². The first kappa shape index (κ1) is 63.6. The number of hydrogen-bond donors (Lipinski definition) is 0. The van der Waals surface area contributed by atoms with E-state index in [9.17, 15) is 14.4 Å². The predicted octanol–water partition coefficient (Wildman–Crippen LogP) is 18.8. The van der Waals surface area contributed by atoms with E-state index >= 15 is 0 Å². The summed E-state index contributed by atoms with van der Waals surface area (Å²) in [6.07, 6.45) is 71.5. The van der Waals surface area contributed by atoms with Gasteiger partial charge >= 0.3 is 17.9 Å². The Morgan fingerprint density at radius 3 is 0.955 bits per heavy atom. The zero-order valence-electron chi connectivity index (χ0n) is 43.9. The van der Waals surface area contributed by atoms with Crippen molar-refractivity contribution < 1.29 is 28.6 Å². The summed E-state index contributed by atoms with van der Waals surface area (Å²) < 4.78 is 16.8. The van der Waals surface area contributed by atoms with Crippen LogP contribution in [0.4, 0.5) is 0 Å². The van der Waals surface area contributed by atoms with Gasteiger partial charge in [-0.3, -0.25) is 14.4 Å². The molecule has 0 aliphatic heterocycles. The molecule has 0 N–H and O–H groups in total. The van der Waals surface area contributed by atoms with Crippen molar-refractivity contribution >= 4 is 17.9 Å². The van der Waals surface area contributed by atoms with E-state index in [2.05, 4.69) is 106 Å². The van der Waals surface area contributed by atoms with Gasteiger partial charge in [0.25, 0.3) is 0 Å². The lowest BCUT2D eigenvalue weighted by Gasteiger charge is -2.18. The maximum absolute atomic E-state index is 12.8. The quantitative estimate of drug-likeness (QED) is 0.0262. The second-order valence-electron chi connectivity index (χ2n) is 18.4. The highest BCUT2D eigenvalue weighted by molar-refractivity contribution is 5.71. The monoisotopic (exact) mass is 933 g/mol. The molecule has 1 unspecified atom stereocenters. The van der Waals surface area contributed by atoms with Crippen molar-refractivity contribution in [3.05, 3.63) is 85.1 Å². The van der Waals surface area contributed by atoms with E-state index in [1.807, 2.05) is 0 Å². The van der Waals surface area contributed by atoms with Gasteiger partial charge < -0.3 is 14.2 Å². The maximum atomic E-state index is 12.8. The molecular formula is C61H104O6. The van der Waals surface area contributed by atoms with Crippen LogP contribution >= 0.6 is 0 Å². The molecule has 0 fully saturated rings. The van der Waals surface area contributed by atoms with Gasteiger partial charge in [0, 0.05) is 19.3 Å². The molecule has 0 saturated carbocycles. The first-order chi connectivity index (χ1) is 33.0. The molecule has 0 amide bonds. The van der Waals surface area contributed by atoms with Gasteiger partial charge in [-0.15, -0.1) is 0 Å². The first-order valence-electron chi connectivity index (χ1n) is 28.1. The van der Waals surface area contributed by atoms with Crippen molar-refractivity contribution in [1.29, 1.82) is 0 Å². The molecule has 0 rings (SSSR count). The molecule has 0 aliphatic rings. The van der Waals surface area contributed by atoms with Gasteiger partial charge in [0.15, 0.2) is 6.10 Å². The van der Waals surface area contributed by atoms with Crippen molar-refractivity contribution in [2.24, 2.45) is 0 Å². The third kappa shape index (κ3) is 53.4. The van der Waals surface area contributed by atoms with Crippen LogP contribution in [0, 0.1) is 0 Å². The minimum absolute atomic E-state index is 0.0948. The van der Waals surface area contributed by atoms with Crippen LogP contribution in [0.3, 0.4) is 0 Å². The van der Waals surface area contributed by atoms with Crippen molar-refractivity contribution in [1.82, 2.24) is 0 Å². The molecule has 67 heavy (non-hydrogen) atoms. The average Bonchev–Trinajstić information content (AvgIpc) is 3.33. The minimum atomic E-state index is -0.799. The molecule has 0 radical (unpaired) electrons. The largest absolute Gasteiger partial charge is 0.462 e. The van der Waals surface area contributed by atoms with Crippen LogP contribution in [-0.2, 0) is 28.6 Å². The molecule has 0 heterocycles. The number of hydrogen-bond acceptors (Lipinski definition) is 6. The normalized spacial score (nSPS) is 12.7. The van der Waals surface area contributed by atoms with Gasteiger partial charge in [-0.1, -0.05) is 221 Å². The summed E-state index contributed by atoms with van der Waals surface area (Å²) in [5.74, 6) is -0.945. The highest BCUT2D eigenvalue weighted by atomic mass is 16.6. The Kier molecular flexibility index (Phi) is 52.4. The maximum Gasteiger partial charge on any atom is 0.306 e. The number of unbranched alkanes of at least 4 members (excludes halogenated alkanes) is 25. The van der Waals surface area contributed by atoms with Gasteiger partial charge in [0.2, 0.25) is 0 Å². The zero-order chi connectivity index (χ0) is 48.6. The number of allylic oxidation sites excluding steroid dienone is 14. The standard InChI is InChI=1S/C61H104O6/c1-4-7-10-13-16-19-22-25-27-29-31-33-34-36-39-42-45-48-51-54-60(63)66-57-58(56-65-59(62)53-50-47-44-41-38-24-21-18-15-12-9-6-3)67-61(64)55-52-49-46-43-40-37-35-32-30-28-26-23-20-17-14-11-8-5-2/h7,9-10,12,16,18-19,21,25,27,32,35,38,41,58H,4-6,8,11,13-15,17,20,22-24,26,28-31,33-34,36-37,39-40,42-57H2,1-3H3/b10-7-,12-9-,19-16-,21-18-,27-25-,35-32-,41-38-. The Hall–Kier alpha value is -3.41. The summed E-state index contributed by atoms with van der Waals surface area (Å²) >= 11 is 0. The number of ether oxygens (including phenoxy) is 3. The molecule has 0 bridgehead atoms. The number of rotatable bonds is 50. The topological polar surface area (TPSA) is 78.9 Å². The van der Waals surface area contributed by atoms with Crippen LogP contribution in [0.15, 0.2) is 85.1 Å². The molecule has 0 aromatic heterocycles. The minimum Gasteiger partial charge on any atom is -0.462 e. The molecule has 384 valence electrons. The fourth-order valence-corrected chi connectivity index (χ4v) is 7.70. The van der Waals surface area contributed by atoms with E-state index in [0.29, 0.717) is 19.3 Å². The lowest BCUT2D eigenvalue weighted by Crippen LogP contribution is -2.30. The predicted molar refractivity (Wildman–Crippen MR) is 288 cm³/mol.